The molecular weight excluding hydrogens is 310 g/mol. The van der Waals surface area contributed by atoms with Crippen molar-refractivity contribution in [3.05, 3.63) is 28.2 Å². The molecule has 5 heteroatoms. The average Bonchev–Trinajstić information content (AvgIpc) is 2.31. The summed E-state index contributed by atoms with van der Waals surface area (Å²) in [6.45, 7) is 7.57. The summed E-state index contributed by atoms with van der Waals surface area (Å²) < 4.78 is 6.11. The summed E-state index contributed by atoms with van der Waals surface area (Å²) in [5, 5.41) is 12.2. The van der Waals surface area contributed by atoms with E-state index in [0.29, 0.717) is 11.7 Å². The maximum Gasteiger partial charge on any atom is 0.344 e. The van der Waals surface area contributed by atoms with Crippen LogP contribution in [-0.2, 0) is 11.3 Å². The molecule has 0 aromatic heterocycles. The summed E-state index contributed by atoms with van der Waals surface area (Å²) in [5.74, 6) is 0.180. The molecule has 0 aliphatic rings. The predicted octanol–water partition coefficient (Wildman–Crippen LogP) is 3.05. The van der Waals surface area contributed by atoms with Crippen LogP contribution in [0.5, 0.6) is 5.75 Å². The van der Waals surface area contributed by atoms with Crippen molar-refractivity contribution in [3.8, 4) is 5.75 Å². The van der Waals surface area contributed by atoms with Crippen LogP contribution in [0.3, 0.4) is 0 Å². The molecule has 4 nitrogen and oxygen atoms in total. The van der Waals surface area contributed by atoms with Crippen LogP contribution in [0.2, 0.25) is 0 Å². The number of nitrogens with one attached hydrogen (secondary N) is 1. The van der Waals surface area contributed by atoms with E-state index in [-0.39, 0.29) is 0 Å². The lowest BCUT2D eigenvalue weighted by molar-refractivity contribution is -0.144. The quantitative estimate of drug-likeness (QED) is 0.807. The highest BCUT2D eigenvalue weighted by molar-refractivity contribution is 9.10. The van der Waals surface area contributed by atoms with E-state index in [2.05, 4.69) is 35.1 Å². The van der Waals surface area contributed by atoms with Gasteiger partial charge in [-0.1, -0.05) is 19.9 Å². The number of aliphatic carboxylic acids is 1. The molecule has 0 amide bonds. The zero-order valence-electron chi connectivity index (χ0n) is 11.4. The Morgan fingerprint density at radius 3 is 2.63 bits per heavy atom. The molecule has 0 aliphatic carbocycles. The first kappa shape index (κ1) is 16.0. The monoisotopic (exact) mass is 329 g/mol. The lowest BCUT2D eigenvalue weighted by Gasteiger charge is -2.13. The van der Waals surface area contributed by atoms with E-state index in [1.807, 2.05) is 12.1 Å². The van der Waals surface area contributed by atoms with Crippen LogP contribution in [0.25, 0.3) is 0 Å². The van der Waals surface area contributed by atoms with Crippen molar-refractivity contribution in [2.45, 2.75) is 33.4 Å². The largest absolute Gasteiger partial charge is 0.479 e. The average molecular weight is 330 g/mol. The highest BCUT2D eigenvalue weighted by Crippen LogP contribution is 2.27. The van der Waals surface area contributed by atoms with Crippen LogP contribution in [-0.4, -0.2) is 23.7 Å². The van der Waals surface area contributed by atoms with Gasteiger partial charge in [0.2, 0.25) is 0 Å². The van der Waals surface area contributed by atoms with Crippen LogP contribution < -0.4 is 10.1 Å². The minimum atomic E-state index is -0.977. The third-order valence-corrected chi connectivity index (χ3v) is 3.15. The molecule has 0 radical (unpaired) electrons. The van der Waals surface area contributed by atoms with Gasteiger partial charge < -0.3 is 15.2 Å². The summed E-state index contributed by atoms with van der Waals surface area (Å²) in [6.07, 6.45) is -0.860. The fourth-order valence-electron chi connectivity index (χ4n) is 1.50. The number of hydrogen-bond donors (Lipinski definition) is 2. The molecule has 0 saturated carbocycles. The second-order valence-electron chi connectivity index (χ2n) is 4.89. The van der Waals surface area contributed by atoms with Gasteiger partial charge in [0.05, 0.1) is 4.47 Å². The lowest BCUT2D eigenvalue weighted by Crippen LogP contribution is -2.23. The molecule has 0 heterocycles. The molecule has 0 spiro atoms. The zero-order chi connectivity index (χ0) is 14.4. The molecule has 1 rings (SSSR count). The molecule has 0 fully saturated rings. The van der Waals surface area contributed by atoms with Crippen LogP contribution in [0.1, 0.15) is 26.3 Å². The van der Waals surface area contributed by atoms with Crippen LogP contribution in [0.4, 0.5) is 0 Å². The van der Waals surface area contributed by atoms with Gasteiger partial charge in [0.25, 0.3) is 0 Å². The van der Waals surface area contributed by atoms with Crippen molar-refractivity contribution in [2.24, 2.45) is 5.92 Å². The SMILES string of the molecule is CC(C)CNCc1ccc(OC(C)C(=O)O)c(Br)c1. The topological polar surface area (TPSA) is 58.6 Å². The molecule has 1 unspecified atom stereocenters. The standard InChI is InChI=1S/C14H20BrNO3/c1-9(2)7-16-8-11-4-5-13(12(15)6-11)19-10(3)14(17)18/h4-6,9-10,16H,7-8H2,1-3H3,(H,17,18). The van der Waals surface area contributed by atoms with Crippen LogP contribution in [0.15, 0.2) is 22.7 Å². The Kier molecular flexibility index (Phi) is 6.31. The molecule has 1 aromatic rings. The first-order valence-corrected chi connectivity index (χ1v) is 7.08. The molecule has 2 N–H and O–H groups in total. The summed E-state index contributed by atoms with van der Waals surface area (Å²) >= 11 is 3.40. The lowest BCUT2D eigenvalue weighted by atomic mass is 10.2. The van der Waals surface area contributed by atoms with E-state index in [4.69, 9.17) is 9.84 Å². The summed E-state index contributed by atoms with van der Waals surface area (Å²) in [5.41, 5.74) is 1.13. The highest BCUT2D eigenvalue weighted by atomic mass is 79.9. The van der Waals surface area contributed by atoms with Crippen molar-refractivity contribution in [3.63, 3.8) is 0 Å². The molecule has 0 saturated heterocycles. The Morgan fingerprint density at radius 2 is 2.11 bits per heavy atom. The normalized spacial score (nSPS) is 12.5. The van der Waals surface area contributed by atoms with Crippen molar-refractivity contribution in [2.75, 3.05) is 6.54 Å². The van der Waals surface area contributed by atoms with Gasteiger partial charge in [-0.05, 0) is 53.0 Å². The smallest absolute Gasteiger partial charge is 0.344 e. The molecule has 0 aliphatic heterocycles. The maximum atomic E-state index is 10.7. The second kappa shape index (κ2) is 7.50. The van der Waals surface area contributed by atoms with Gasteiger partial charge in [-0.2, -0.15) is 0 Å². The zero-order valence-corrected chi connectivity index (χ0v) is 13.0. The van der Waals surface area contributed by atoms with E-state index in [9.17, 15) is 4.79 Å². The number of ether oxygens (including phenoxy) is 1. The fraction of sp³-hybridized carbons (Fsp3) is 0.500. The van der Waals surface area contributed by atoms with Gasteiger partial charge >= 0.3 is 5.97 Å². The molecule has 106 valence electrons. The van der Waals surface area contributed by atoms with Gasteiger partial charge in [-0.25, -0.2) is 4.79 Å². The highest BCUT2D eigenvalue weighted by Gasteiger charge is 2.14. The maximum absolute atomic E-state index is 10.7. The first-order valence-electron chi connectivity index (χ1n) is 6.28. The minimum absolute atomic E-state index is 0.544. The molecule has 1 atom stereocenters. The first-order chi connectivity index (χ1) is 8.90. The third-order valence-electron chi connectivity index (χ3n) is 2.53. The van der Waals surface area contributed by atoms with Crippen LogP contribution >= 0.6 is 15.9 Å². The summed E-state index contributed by atoms with van der Waals surface area (Å²) in [7, 11) is 0. The Labute approximate surface area is 122 Å². The number of benzene rings is 1. The Balaban J connectivity index is 2.61. The number of rotatable bonds is 7. The van der Waals surface area contributed by atoms with Gasteiger partial charge in [0, 0.05) is 6.54 Å². The number of hydrogen-bond acceptors (Lipinski definition) is 3. The van der Waals surface area contributed by atoms with Crippen LogP contribution in [0, 0.1) is 5.92 Å². The van der Waals surface area contributed by atoms with Crippen molar-refractivity contribution in [1.29, 1.82) is 0 Å². The van der Waals surface area contributed by atoms with Gasteiger partial charge in [-0.3, -0.25) is 0 Å². The number of carboxylic acids is 1. The fourth-order valence-corrected chi connectivity index (χ4v) is 2.02. The third kappa shape index (κ3) is 5.61. The van der Waals surface area contributed by atoms with E-state index >= 15 is 0 Å². The Bertz CT molecular complexity index is 435. The van der Waals surface area contributed by atoms with Gasteiger partial charge in [-0.15, -0.1) is 0 Å². The number of carboxylic acid groups (broad SMARTS) is 1. The minimum Gasteiger partial charge on any atom is -0.479 e. The number of carbonyl (C=O) groups is 1. The van der Waals surface area contributed by atoms with Crippen molar-refractivity contribution >= 4 is 21.9 Å². The Hall–Kier alpha value is -1.07. The van der Waals surface area contributed by atoms with Crippen molar-refractivity contribution < 1.29 is 14.6 Å². The molecule has 1 aromatic carbocycles. The summed E-state index contributed by atoms with van der Waals surface area (Å²) in [6, 6.07) is 5.66. The van der Waals surface area contributed by atoms with E-state index in [1.165, 1.54) is 6.92 Å². The summed E-state index contributed by atoms with van der Waals surface area (Å²) in [4.78, 5) is 10.7. The van der Waals surface area contributed by atoms with E-state index in [1.54, 1.807) is 6.07 Å². The molecular formula is C14H20BrNO3. The predicted molar refractivity (Wildman–Crippen MR) is 78.4 cm³/mol. The molecule has 0 bridgehead atoms. The molecule has 19 heavy (non-hydrogen) atoms. The van der Waals surface area contributed by atoms with Crippen molar-refractivity contribution in [1.82, 2.24) is 5.32 Å². The van der Waals surface area contributed by atoms with E-state index in [0.717, 1.165) is 23.1 Å². The number of halogens is 1. The van der Waals surface area contributed by atoms with Gasteiger partial charge in [0.1, 0.15) is 5.75 Å². The second-order valence-corrected chi connectivity index (χ2v) is 5.74. The van der Waals surface area contributed by atoms with Gasteiger partial charge in [0.15, 0.2) is 6.10 Å². The van der Waals surface area contributed by atoms with E-state index < -0.39 is 12.1 Å². The Morgan fingerprint density at radius 1 is 1.42 bits per heavy atom.